The van der Waals surface area contributed by atoms with Crippen LogP contribution < -0.4 is 4.72 Å². The lowest BCUT2D eigenvalue weighted by Gasteiger charge is -2.41. The van der Waals surface area contributed by atoms with Crippen molar-refractivity contribution < 1.29 is 8.95 Å². The van der Waals surface area contributed by atoms with E-state index < -0.39 is 11.0 Å². The van der Waals surface area contributed by atoms with E-state index in [1.54, 1.807) is 0 Å². The van der Waals surface area contributed by atoms with Gasteiger partial charge < -0.3 is 4.74 Å². The van der Waals surface area contributed by atoms with Gasteiger partial charge in [-0.2, -0.15) is 0 Å². The van der Waals surface area contributed by atoms with Crippen molar-refractivity contribution in [2.24, 2.45) is 22.2 Å². The van der Waals surface area contributed by atoms with E-state index in [1.165, 1.54) is 12.0 Å². The fourth-order valence-electron chi connectivity index (χ4n) is 5.39. The standard InChI is InChI=1S/C24H39NO2S/c1-8-19(17-12-10-9-11-13-17)25-28(26)20-18-14-15-24(7,23(18,5)6)21(20)27-16-22(2,3)4/h9-13,18-21,25H,8,14-16H2,1-7H3/t18-,19+,20-,21-,24+,28-/m1/s1. The van der Waals surface area contributed by atoms with Gasteiger partial charge in [-0.15, -0.1) is 0 Å². The summed E-state index contributed by atoms with van der Waals surface area (Å²) >= 11 is 0. The fourth-order valence-corrected chi connectivity index (χ4v) is 7.51. The Morgan fingerprint density at radius 3 is 2.43 bits per heavy atom. The van der Waals surface area contributed by atoms with Gasteiger partial charge in [0.1, 0.15) is 0 Å². The second-order valence-corrected chi connectivity index (χ2v) is 12.2. The zero-order valence-electron chi connectivity index (χ0n) is 18.7. The number of hydrogen-bond acceptors (Lipinski definition) is 2. The lowest BCUT2D eigenvalue weighted by Crippen LogP contribution is -2.47. The van der Waals surface area contributed by atoms with Gasteiger partial charge in [-0.25, -0.2) is 8.93 Å². The van der Waals surface area contributed by atoms with Crippen molar-refractivity contribution in [2.45, 2.75) is 85.1 Å². The van der Waals surface area contributed by atoms with E-state index in [0.29, 0.717) is 12.5 Å². The highest BCUT2D eigenvalue weighted by atomic mass is 32.2. The first-order valence-electron chi connectivity index (χ1n) is 10.8. The van der Waals surface area contributed by atoms with Crippen LogP contribution in [0.5, 0.6) is 0 Å². The second-order valence-electron chi connectivity index (χ2n) is 10.8. The topological polar surface area (TPSA) is 38.3 Å². The summed E-state index contributed by atoms with van der Waals surface area (Å²) in [6.45, 7) is 16.6. The molecular weight excluding hydrogens is 366 g/mol. The lowest BCUT2D eigenvalue weighted by atomic mass is 9.70. The van der Waals surface area contributed by atoms with Gasteiger partial charge >= 0.3 is 0 Å². The Labute approximate surface area is 174 Å². The SMILES string of the molecule is CC[C@H](N[S@](=O)[C@@H]1[C@H]2CC[C@@](C)([C@@H]1OCC(C)(C)C)C2(C)C)c1ccccc1. The summed E-state index contributed by atoms with van der Waals surface area (Å²) in [6, 6.07) is 10.5. The molecule has 2 aliphatic rings. The minimum Gasteiger partial charge on any atom is -0.376 e. The molecule has 3 nitrogen and oxygen atoms in total. The molecule has 2 fully saturated rings. The van der Waals surface area contributed by atoms with Crippen LogP contribution in [0.4, 0.5) is 0 Å². The number of nitrogens with one attached hydrogen (secondary N) is 1. The Morgan fingerprint density at radius 2 is 1.86 bits per heavy atom. The molecule has 158 valence electrons. The molecule has 0 unspecified atom stereocenters. The third-order valence-electron chi connectivity index (χ3n) is 7.51. The maximum Gasteiger partial charge on any atom is 0.0982 e. The molecule has 0 amide bonds. The Hall–Kier alpha value is -0.710. The molecule has 6 atom stereocenters. The predicted molar refractivity (Wildman–Crippen MR) is 118 cm³/mol. The molecule has 0 aromatic heterocycles. The van der Waals surface area contributed by atoms with Crippen LogP contribution in [0.15, 0.2) is 30.3 Å². The van der Waals surface area contributed by atoms with Crippen LogP contribution in [0, 0.1) is 22.2 Å². The van der Waals surface area contributed by atoms with E-state index in [-0.39, 0.29) is 33.6 Å². The maximum atomic E-state index is 13.7. The molecule has 28 heavy (non-hydrogen) atoms. The summed E-state index contributed by atoms with van der Waals surface area (Å²) in [5, 5.41) is 0.0499. The van der Waals surface area contributed by atoms with E-state index >= 15 is 0 Å². The summed E-state index contributed by atoms with van der Waals surface area (Å²) in [4.78, 5) is 0. The van der Waals surface area contributed by atoms with Crippen molar-refractivity contribution in [1.82, 2.24) is 4.72 Å². The third kappa shape index (κ3) is 3.85. The smallest absolute Gasteiger partial charge is 0.0982 e. The van der Waals surface area contributed by atoms with Gasteiger partial charge in [0.2, 0.25) is 0 Å². The molecule has 1 aromatic carbocycles. The highest BCUT2D eigenvalue weighted by molar-refractivity contribution is 7.83. The molecule has 1 aromatic rings. The van der Waals surface area contributed by atoms with Crippen molar-refractivity contribution in [3.05, 3.63) is 35.9 Å². The van der Waals surface area contributed by atoms with Gasteiger partial charge in [0.25, 0.3) is 0 Å². The number of benzene rings is 1. The summed E-state index contributed by atoms with van der Waals surface area (Å²) < 4.78 is 23.7. The van der Waals surface area contributed by atoms with Crippen molar-refractivity contribution in [3.63, 3.8) is 0 Å². The van der Waals surface area contributed by atoms with Crippen LogP contribution in [0.25, 0.3) is 0 Å². The number of hydrogen-bond donors (Lipinski definition) is 1. The minimum absolute atomic E-state index is 0.0436. The van der Waals surface area contributed by atoms with Gasteiger partial charge in [0.05, 0.1) is 28.9 Å². The number of ether oxygens (including phenoxy) is 1. The van der Waals surface area contributed by atoms with Gasteiger partial charge in [-0.3, -0.25) is 0 Å². The first kappa shape index (κ1) is 22.0. The Balaban J connectivity index is 1.84. The quantitative estimate of drug-likeness (QED) is 0.637. The van der Waals surface area contributed by atoms with E-state index in [0.717, 1.165) is 12.8 Å². The van der Waals surface area contributed by atoms with E-state index in [9.17, 15) is 4.21 Å². The van der Waals surface area contributed by atoms with Crippen LogP contribution >= 0.6 is 0 Å². The van der Waals surface area contributed by atoms with Crippen LogP contribution in [-0.2, 0) is 15.7 Å². The lowest BCUT2D eigenvalue weighted by molar-refractivity contribution is -0.0675. The maximum absolute atomic E-state index is 13.7. The zero-order chi connectivity index (χ0) is 20.7. The average Bonchev–Trinajstić information content (AvgIpc) is 2.96. The zero-order valence-corrected chi connectivity index (χ0v) is 19.6. The predicted octanol–water partition coefficient (Wildman–Crippen LogP) is 5.65. The van der Waals surface area contributed by atoms with Crippen LogP contribution in [-0.4, -0.2) is 22.2 Å². The molecule has 4 heteroatoms. The molecule has 0 radical (unpaired) electrons. The molecule has 1 N–H and O–H groups in total. The third-order valence-corrected chi connectivity index (χ3v) is 9.10. The number of rotatable bonds is 7. The van der Waals surface area contributed by atoms with Gasteiger partial charge in [-0.05, 0) is 41.6 Å². The fraction of sp³-hybridized carbons (Fsp3) is 0.750. The van der Waals surface area contributed by atoms with Crippen LogP contribution in [0.1, 0.15) is 79.3 Å². The Morgan fingerprint density at radius 1 is 1.21 bits per heavy atom. The first-order chi connectivity index (χ1) is 13.0. The molecule has 2 bridgehead atoms. The van der Waals surface area contributed by atoms with E-state index in [2.05, 4.69) is 77.5 Å². The van der Waals surface area contributed by atoms with Gasteiger partial charge in [0.15, 0.2) is 0 Å². The molecular formula is C24H39NO2S. The molecule has 0 saturated heterocycles. The van der Waals surface area contributed by atoms with Crippen molar-refractivity contribution in [3.8, 4) is 0 Å². The summed E-state index contributed by atoms with van der Waals surface area (Å²) in [5.41, 5.74) is 1.54. The molecule has 2 saturated carbocycles. The average molecular weight is 406 g/mol. The van der Waals surface area contributed by atoms with Crippen molar-refractivity contribution in [2.75, 3.05) is 6.61 Å². The summed E-state index contributed by atoms with van der Waals surface area (Å²) in [6.07, 6.45) is 3.28. The highest BCUT2D eigenvalue weighted by Crippen LogP contribution is 2.67. The Bertz CT molecular complexity index is 696. The second kappa shape index (κ2) is 7.85. The number of fused-ring (bicyclic) bond motifs is 2. The molecule has 2 aliphatic carbocycles. The monoisotopic (exact) mass is 405 g/mol. The van der Waals surface area contributed by atoms with Crippen LogP contribution in [0.3, 0.4) is 0 Å². The largest absolute Gasteiger partial charge is 0.376 e. The Kier molecular flexibility index (Phi) is 6.16. The molecule has 0 spiro atoms. The van der Waals surface area contributed by atoms with E-state index in [4.69, 9.17) is 4.74 Å². The molecule has 0 aliphatic heterocycles. The van der Waals surface area contributed by atoms with Gasteiger partial charge in [-0.1, -0.05) is 78.8 Å². The van der Waals surface area contributed by atoms with E-state index in [1.807, 2.05) is 6.07 Å². The summed E-state index contributed by atoms with van der Waals surface area (Å²) in [5.74, 6) is 0.434. The molecule has 0 heterocycles. The highest BCUT2D eigenvalue weighted by Gasteiger charge is 2.68. The summed E-state index contributed by atoms with van der Waals surface area (Å²) in [7, 11) is -1.13. The minimum atomic E-state index is -1.13. The first-order valence-corrected chi connectivity index (χ1v) is 12.1. The van der Waals surface area contributed by atoms with Crippen molar-refractivity contribution >= 4 is 11.0 Å². The normalized spacial score (nSPS) is 33.8. The van der Waals surface area contributed by atoms with Crippen molar-refractivity contribution in [1.29, 1.82) is 0 Å². The van der Waals surface area contributed by atoms with Crippen LogP contribution in [0.2, 0.25) is 0 Å². The molecule has 3 rings (SSSR count). The van der Waals surface area contributed by atoms with Gasteiger partial charge in [0, 0.05) is 11.5 Å².